The predicted octanol–water partition coefficient (Wildman–Crippen LogP) is 11.1. The summed E-state index contributed by atoms with van der Waals surface area (Å²) in [5, 5.41) is 0. The standard InChI is InChI=1S/C36H27BrN2/c37-30-20-26-36(27-21-30)39(33-14-8-3-9-15-33)35-24-18-29(19-25-35)28-16-22-34(23-17-28)38(31-10-4-1-5-11-31)32-12-6-2-7-13-32/h1-27H. The molecule has 0 radical (unpaired) electrons. The lowest BCUT2D eigenvalue weighted by atomic mass is 10.0. The number of benzene rings is 6. The van der Waals surface area contributed by atoms with Gasteiger partial charge in [-0.05, 0) is 96.1 Å². The van der Waals surface area contributed by atoms with Crippen LogP contribution in [0.25, 0.3) is 11.1 Å². The van der Waals surface area contributed by atoms with Gasteiger partial charge in [0.15, 0.2) is 0 Å². The van der Waals surface area contributed by atoms with E-state index in [0.29, 0.717) is 0 Å². The fourth-order valence-corrected chi connectivity index (χ4v) is 5.09. The quantitative estimate of drug-likeness (QED) is 0.189. The van der Waals surface area contributed by atoms with Gasteiger partial charge in [0.1, 0.15) is 0 Å². The van der Waals surface area contributed by atoms with E-state index in [-0.39, 0.29) is 0 Å². The van der Waals surface area contributed by atoms with E-state index in [4.69, 9.17) is 0 Å². The monoisotopic (exact) mass is 566 g/mol. The van der Waals surface area contributed by atoms with Crippen LogP contribution in [0, 0.1) is 0 Å². The van der Waals surface area contributed by atoms with Gasteiger partial charge in [-0.15, -0.1) is 0 Å². The highest BCUT2D eigenvalue weighted by Gasteiger charge is 2.14. The normalized spacial score (nSPS) is 10.7. The molecule has 0 aliphatic heterocycles. The van der Waals surface area contributed by atoms with Crippen LogP contribution in [0.5, 0.6) is 0 Å². The molecule has 0 aromatic heterocycles. The van der Waals surface area contributed by atoms with Gasteiger partial charge in [-0.25, -0.2) is 0 Å². The van der Waals surface area contributed by atoms with Crippen LogP contribution in [0.3, 0.4) is 0 Å². The van der Waals surface area contributed by atoms with Gasteiger partial charge in [0, 0.05) is 38.6 Å². The zero-order valence-electron chi connectivity index (χ0n) is 21.4. The van der Waals surface area contributed by atoms with Gasteiger partial charge in [-0.1, -0.05) is 94.8 Å². The van der Waals surface area contributed by atoms with E-state index in [0.717, 1.165) is 38.6 Å². The molecule has 0 unspecified atom stereocenters. The summed E-state index contributed by atoms with van der Waals surface area (Å²) in [5.74, 6) is 0. The Bertz CT molecular complexity index is 1580. The first kappa shape index (κ1) is 24.7. The Labute approximate surface area is 238 Å². The maximum absolute atomic E-state index is 3.56. The van der Waals surface area contributed by atoms with Crippen molar-refractivity contribution in [2.75, 3.05) is 9.80 Å². The van der Waals surface area contributed by atoms with Crippen molar-refractivity contribution < 1.29 is 0 Å². The Hall–Kier alpha value is -4.60. The summed E-state index contributed by atoms with van der Waals surface area (Å²) in [7, 11) is 0. The Morgan fingerprint density at radius 2 is 0.538 bits per heavy atom. The largest absolute Gasteiger partial charge is 0.311 e. The second-order valence-electron chi connectivity index (χ2n) is 9.25. The number of anilines is 6. The lowest BCUT2D eigenvalue weighted by Crippen LogP contribution is -2.09. The molecular weight excluding hydrogens is 540 g/mol. The van der Waals surface area contributed by atoms with Gasteiger partial charge < -0.3 is 9.80 Å². The predicted molar refractivity (Wildman–Crippen MR) is 169 cm³/mol. The third kappa shape index (κ3) is 5.50. The molecule has 0 heterocycles. The Kier molecular flexibility index (Phi) is 7.24. The molecule has 39 heavy (non-hydrogen) atoms. The van der Waals surface area contributed by atoms with Crippen molar-refractivity contribution in [2.24, 2.45) is 0 Å². The van der Waals surface area contributed by atoms with E-state index >= 15 is 0 Å². The van der Waals surface area contributed by atoms with E-state index in [2.05, 4.69) is 183 Å². The number of hydrogen-bond donors (Lipinski definition) is 0. The van der Waals surface area contributed by atoms with Crippen molar-refractivity contribution in [3.63, 3.8) is 0 Å². The summed E-state index contributed by atoms with van der Waals surface area (Å²) in [6.07, 6.45) is 0. The summed E-state index contributed by atoms with van der Waals surface area (Å²) >= 11 is 3.56. The number of para-hydroxylation sites is 3. The van der Waals surface area contributed by atoms with Gasteiger partial charge in [-0.2, -0.15) is 0 Å². The molecular formula is C36H27BrN2. The second kappa shape index (κ2) is 11.4. The first-order valence-corrected chi connectivity index (χ1v) is 13.8. The van der Waals surface area contributed by atoms with E-state index in [9.17, 15) is 0 Å². The molecule has 6 rings (SSSR count). The van der Waals surface area contributed by atoms with Crippen LogP contribution >= 0.6 is 15.9 Å². The second-order valence-corrected chi connectivity index (χ2v) is 10.2. The molecule has 0 atom stereocenters. The van der Waals surface area contributed by atoms with Crippen molar-refractivity contribution >= 4 is 50.1 Å². The van der Waals surface area contributed by atoms with E-state index in [1.165, 1.54) is 11.1 Å². The number of rotatable bonds is 7. The molecule has 0 aliphatic rings. The van der Waals surface area contributed by atoms with Gasteiger partial charge >= 0.3 is 0 Å². The van der Waals surface area contributed by atoms with Crippen molar-refractivity contribution in [1.82, 2.24) is 0 Å². The average molecular weight is 568 g/mol. The fraction of sp³-hybridized carbons (Fsp3) is 0. The zero-order valence-corrected chi connectivity index (χ0v) is 22.9. The van der Waals surface area contributed by atoms with Crippen LogP contribution in [0.15, 0.2) is 168 Å². The Morgan fingerprint density at radius 1 is 0.282 bits per heavy atom. The van der Waals surface area contributed by atoms with Crippen LogP contribution in [0.2, 0.25) is 0 Å². The van der Waals surface area contributed by atoms with Gasteiger partial charge in [-0.3, -0.25) is 0 Å². The Balaban J connectivity index is 1.31. The summed E-state index contributed by atoms with van der Waals surface area (Å²) in [6, 6.07) is 57.5. The first-order chi connectivity index (χ1) is 19.3. The smallest absolute Gasteiger partial charge is 0.0462 e. The maximum atomic E-state index is 3.56. The molecule has 0 bridgehead atoms. The maximum Gasteiger partial charge on any atom is 0.0462 e. The third-order valence-corrected chi connectivity index (χ3v) is 7.24. The molecule has 0 fully saturated rings. The lowest BCUT2D eigenvalue weighted by molar-refractivity contribution is 1.28. The molecule has 2 nitrogen and oxygen atoms in total. The number of nitrogens with zero attached hydrogens (tertiary/aromatic N) is 2. The number of hydrogen-bond acceptors (Lipinski definition) is 2. The van der Waals surface area contributed by atoms with Gasteiger partial charge in [0.25, 0.3) is 0 Å². The summed E-state index contributed by atoms with van der Waals surface area (Å²) in [4.78, 5) is 4.56. The van der Waals surface area contributed by atoms with Crippen molar-refractivity contribution in [1.29, 1.82) is 0 Å². The van der Waals surface area contributed by atoms with Crippen molar-refractivity contribution in [3.05, 3.63) is 168 Å². The summed E-state index contributed by atoms with van der Waals surface area (Å²) in [5.41, 5.74) is 9.11. The molecule has 0 saturated carbocycles. The Morgan fingerprint density at radius 3 is 0.846 bits per heavy atom. The molecule has 0 aliphatic carbocycles. The highest BCUT2D eigenvalue weighted by Crippen LogP contribution is 2.38. The average Bonchev–Trinajstić information content (AvgIpc) is 3.01. The molecule has 0 N–H and O–H groups in total. The van der Waals surface area contributed by atoms with Crippen LogP contribution in [0.4, 0.5) is 34.1 Å². The van der Waals surface area contributed by atoms with Crippen LogP contribution in [0.1, 0.15) is 0 Å². The number of halogens is 1. The van der Waals surface area contributed by atoms with Crippen LogP contribution in [-0.2, 0) is 0 Å². The van der Waals surface area contributed by atoms with Gasteiger partial charge in [0.2, 0.25) is 0 Å². The minimum absolute atomic E-state index is 1.07. The van der Waals surface area contributed by atoms with Crippen molar-refractivity contribution in [3.8, 4) is 11.1 Å². The zero-order chi connectivity index (χ0) is 26.4. The highest BCUT2D eigenvalue weighted by atomic mass is 79.9. The minimum Gasteiger partial charge on any atom is -0.311 e. The minimum atomic E-state index is 1.07. The van der Waals surface area contributed by atoms with E-state index in [1.54, 1.807) is 0 Å². The lowest BCUT2D eigenvalue weighted by Gasteiger charge is -2.26. The molecule has 6 aromatic rings. The van der Waals surface area contributed by atoms with Gasteiger partial charge in [0.05, 0.1) is 0 Å². The van der Waals surface area contributed by atoms with E-state index in [1.807, 2.05) is 6.07 Å². The summed E-state index contributed by atoms with van der Waals surface area (Å²) < 4.78 is 1.07. The highest BCUT2D eigenvalue weighted by molar-refractivity contribution is 9.10. The molecule has 6 aromatic carbocycles. The van der Waals surface area contributed by atoms with Crippen LogP contribution in [-0.4, -0.2) is 0 Å². The molecule has 3 heteroatoms. The van der Waals surface area contributed by atoms with Crippen LogP contribution < -0.4 is 9.80 Å². The first-order valence-electron chi connectivity index (χ1n) is 13.0. The third-order valence-electron chi connectivity index (χ3n) is 6.71. The molecule has 0 amide bonds. The molecule has 0 saturated heterocycles. The molecule has 188 valence electrons. The SMILES string of the molecule is Brc1ccc(N(c2ccccc2)c2ccc(-c3ccc(N(c4ccccc4)c4ccccc4)cc3)cc2)cc1. The summed E-state index contributed by atoms with van der Waals surface area (Å²) in [6.45, 7) is 0. The topological polar surface area (TPSA) is 6.48 Å². The fourth-order valence-electron chi connectivity index (χ4n) is 4.82. The van der Waals surface area contributed by atoms with Crippen molar-refractivity contribution in [2.45, 2.75) is 0 Å². The molecule has 0 spiro atoms. The van der Waals surface area contributed by atoms with E-state index < -0.39 is 0 Å².